The number of thiophene rings is 1. The van der Waals surface area contributed by atoms with E-state index in [-0.39, 0.29) is 0 Å². The van der Waals surface area contributed by atoms with Gasteiger partial charge in [0.2, 0.25) is 0 Å². The Morgan fingerprint density at radius 2 is 2.00 bits per heavy atom. The van der Waals surface area contributed by atoms with E-state index in [1.165, 1.54) is 51.2 Å². The Bertz CT molecular complexity index is 572. The Balaban J connectivity index is 1.76. The fraction of sp³-hybridized carbons (Fsp3) is 0.333. The lowest BCUT2D eigenvalue weighted by Gasteiger charge is -2.19. The van der Waals surface area contributed by atoms with Crippen LogP contribution in [0, 0.1) is 0 Å². The zero-order valence-electron chi connectivity index (χ0n) is 10.5. The quantitative estimate of drug-likeness (QED) is 0.689. The molecule has 0 atom stereocenters. The van der Waals surface area contributed by atoms with Crippen LogP contribution in [-0.4, -0.2) is 0 Å². The molecule has 100 valence electrons. The number of benzene rings is 1. The average molecular weight is 401 g/mol. The molecule has 1 nitrogen and oxygen atoms in total. The van der Waals surface area contributed by atoms with Crippen LogP contribution in [0.5, 0.6) is 0 Å². The standard InChI is InChI=1S/C15H15Br2NS/c16-13-8-11(19-15(13)17)9-18-14-7-3-5-10-4-1-2-6-12(10)14/h3,5,7-8,18H,1-2,4,6,9H2. The second-order valence-electron chi connectivity index (χ2n) is 4.84. The number of rotatable bonds is 3. The number of aryl methyl sites for hydroxylation is 1. The second-order valence-corrected chi connectivity index (χ2v) is 8.15. The van der Waals surface area contributed by atoms with Crippen molar-refractivity contribution >= 4 is 48.9 Å². The van der Waals surface area contributed by atoms with Crippen molar-refractivity contribution in [1.82, 2.24) is 0 Å². The third-order valence-electron chi connectivity index (χ3n) is 3.55. The summed E-state index contributed by atoms with van der Waals surface area (Å²) in [6, 6.07) is 8.84. The molecule has 1 aliphatic carbocycles. The highest BCUT2D eigenvalue weighted by Gasteiger charge is 2.13. The first-order valence-electron chi connectivity index (χ1n) is 6.52. The molecule has 0 saturated heterocycles. The summed E-state index contributed by atoms with van der Waals surface area (Å²) >= 11 is 8.86. The molecule has 1 aromatic carbocycles. The number of nitrogens with one attached hydrogen (secondary N) is 1. The number of hydrogen-bond acceptors (Lipinski definition) is 2. The van der Waals surface area contributed by atoms with Gasteiger partial charge in [0, 0.05) is 21.6 Å². The van der Waals surface area contributed by atoms with Crippen LogP contribution in [0.1, 0.15) is 28.8 Å². The summed E-state index contributed by atoms with van der Waals surface area (Å²) in [6.45, 7) is 0.894. The zero-order chi connectivity index (χ0) is 13.2. The molecule has 0 unspecified atom stereocenters. The molecule has 1 heterocycles. The minimum absolute atomic E-state index is 0.894. The number of hydrogen-bond donors (Lipinski definition) is 1. The molecule has 2 aromatic rings. The van der Waals surface area contributed by atoms with Crippen LogP contribution in [0.25, 0.3) is 0 Å². The highest BCUT2D eigenvalue weighted by molar-refractivity contribution is 9.13. The molecule has 0 spiro atoms. The minimum Gasteiger partial charge on any atom is -0.380 e. The molecule has 1 aliphatic rings. The van der Waals surface area contributed by atoms with E-state index in [4.69, 9.17) is 0 Å². The fourth-order valence-electron chi connectivity index (χ4n) is 2.61. The molecule has 19 heavy (non-hydrogen) atoms. The molecule has 1 aromatic heterocycles. The lowest BCUT2D eigenvalue weighted by atomic mass is 9.90. The molecular formula is C15H15Br2NS. The van der Waals surface area contributed by atoms with E-state index in [1.54, 1.807) is 11.3 Å². The highest BCUT2D eigenvalue weighted by Crippen LogP contribution is 2.33. The van der Waals surface area contributed by atoms with Crippen LogP contribution in [0.3, 0.4) is 0 Å². The second kappa shape index (κ2) is 5.98. The first kappa shape index (κ1) is 13.7. The molecule has 0 saturated carbocycles. The number of fused-ring (bicyclic) bond motifs is 1. The van der Waals surface area contributed by atoms with Crippen molar-refractivity contribution in [2.75, 3.05) is 5.32 Å². The van der Waals surface area contributed by atoms with Gasteiger partial charge in [-0.3, -0.25) is 0 Å². The van der Waals surface area contributed by atoms with Crippen LogP contribution in [0.4, 0.5) is 5.69 Å². The van der Waals surface area contributed by atoms with Gasteiger partial charge in [-0.15, -0.1) is 11.3 Å². The van der Waals surface area contributed by atoms with Crippen molar-refractivity contribution in [1.29, 1.82) is 0 Å². The summed E-state index contributed by atoms with van der Waals surface area (Å²) in [6.07, 6.45) is 5.11. The normalized spacial score (nSPS) is 14.2. The van der Waals surface area contributed by atoms with Crippen LogP contribution >= 0.6 is 43.2 Å². The molecule has 0 aliphatic heterocycles. The monoisotopic (exact) mass is 399 g/mol. The Labute approximate surface area is 134 Å². The summed E-state index contributed by atoms with van der Waals surface area (Å²) in [4.78, 5) is 1.34. The van der Waals surface area contributed by atoms with E-state index < -0.39 is 0 Å². The Hall–Kier alpha value is -0.320. The van der Waals surface area contributed by atoms with Gasteiger partial charge in [0.05, 0.1) is 3.79 Å². The topological polar surface area (TPSA) is 12.0 Å². The van der Waals surface area contributed by atoms with Crippen molar-refractivity contribution in [3.8, 4) is 0 Å². The smallest absolute Gasteiger partial charge is 0.0843 e. The van der Waals surface area contributed by atoms with E-state index in [1.807, 2.05) is 0 Å². The Morgan fingerprint density at radius 1 is 1.16 bits per heavy atom. The predicted molar refractivity (Wildman–Crippen MR) is 90.1 cm³/mol. The van der Waals surface area contributed by atoms with Crippen LogP contribution in [0.2, 0.25) is 0 Å². The van der Waals surface area contributed by atoms with E-state index in [0.717, 1.165) is 11.0 Å². The molecule has 1 N–H and O–H groups in total. The first-order chi connectivity index (χ1) is 9.24. The summed E-state index contributed by atoms with van der Waals surface area (Å²) in [7, 11) is 0. The fourth-order valence-corrected chi connectivity index (χ4v) is 4.72. The SMILES string of the molecule is Brc1cc(CNc2cccc3c2CCCC3)sc1Br. The van der Waals surface area contributed by atoms with Gasteiger partial charge >= 0.3 is 0 Å². The molecule has 0 radical (unpaired) electrons. The van der Waals surface area contributed by atoms with Crippen molar-refractivity contribution in [3.63, 3.8) is 0 Å². The summed E-state index contributed by atoms with van der Waals surface area (Å²) in [5.74, 6) is 0. The van der Waals surface area contributed by atoms with Gasteiger partial charge in [-0.1, -0.05) is 12.1 Å². The summed E-state index contributed by atoms with van der Waals surface area (Å²) in [5, 5.41) is 3.60. The summed E-state index contributed by atoms with van der Waals surface area (Å²) < 4.78 is 2.31. The van der Waals surface area contributed by atoms with E-state index >= 15 is 0 Å². The number of halogens is 2. The third kappa shape index (κ3) is 3.06. The van der Waals surface area contributed by atoms with Crippen molar-refractivity contribution in [2.24, 2.45) is 0 Å². The maximum atomic E-state index is 3.60. The summed E-state index contributed by atoms with van der Waals surface area (Å²) in [5.41, 5.74) is 4.38. The highest BCUT2D eigenvalue weighted by atomic mass is 79.9. The van der Waals surface area contributed by atoms with Crippen molar-refractivity contribution < 1.29 is 0 Å². The Morgan fingerprint density at radius 3 is 2.79 bits per heavy atom. The third-order valence-corrected chi connectivity index (χ3v) is 6.80. The van der Waals surface area contributed by atoms with Gasteiger partial charge in [0.1, 0.15) is 0 Å². The maximum absolute atomic E-state index is 3.60. The van der Waals surface area contributed by atoms with Gasteiger partial charge in [-0.2, -0.15) is 0 Å². The van der Waals surface area contributed by atoms with E-state index in [9.17, 15) is 0 Å². The van der Waals surface area contributed by atoms with E-state index in [0.29, 0.717) is 0 Å². The number of anilines is 1. The first-order valence-corrected chi connectivity index (χ1v) is 8.92. The molecule has 0 bridgehead atoms. The molecule has 0 amide bonds. The minimum atomic E-state index is 0.894. The van der Waals surface area contributed by atoms with Gasteiger partial charge in [-0.05, 0) is 80.8 Å². The van der Waals surface area contributed by atoms with Gasteiger partial charge in [-0.25, -0.2) is 0 Å². The van der Waals surface area contributed by atoms with Gasteiger partial charge in [0.25, 0.3) is 0 Å². The lowest BCUT2D eigenvalue weighted by molar-refractivity contribution is 0.686. The van der Waals surface area contributed by atoms with Crippen molar-refractivity contribution in [3.05, 3.63) is 48.5 Å². The molecule has 4 heteroatoms. The van der Waals surface area contributed by atoms with Crippen LogP contribution in [-0.2, 0) is 19.4 Å². The van der Waals surface area contributed by atoms with Gasteiger partial charge < -0.3 is 5.32 Å². The van der Waals surface area contributed by atoms with Crippen molar-refractivity contribution in [2.45, 2.75) is 32.2 Å². The predicted octanol–water partition coefficient (Wildman–Crippen LogP) is 5.76. The van der Waals surface area contributed by atoms with Crippen LogP contribution in [0.15, 0.2) is 32.5 Å². The van der Waals surface area contributed by atoms with Crippen LogP contribution < -0.4 is 5.32 Å². The molecule has 0 fully saturated rings. The molecule has 3 rings (SSSR count). The Kier molecular flexibility index (Phi) is 4.30. The average Bonchev–Trinajstić information content (AvgIpc) is 2.75. The zero-order valence-corrected chi connectivity index (χ0v) is 14.5. The maximum Gasteiger partial charge on any atom is 0.0843 e. The largest absolute Gasteiger partial charge is 0.380 e. The van der Waals surface area contributed by atoms with Gasteiger partial charge in [0.15, 0.2) is 0 Å². The van der Waals surface area contributed by atoms with E-state index in [2.05, 4.69) is 61.4 Å². The molecular weight excluding hydrogens is 386 g/mol. The lowest BCUT2D eigenvalue weighted by Crippen LogP contribution is -2.08.